The first kappa shape index (κ1) is 11.1. The molecule has 0 aromatic heterocycles. The molecule has 0 fully saturated rings. The van der Waals surface area contributed by atoms with E-state index in [0.717, 1.165) is 23.3 Å². The second-order valence-corrected chi connectivity index (χ2v) is 5.48. The summed E-state index contributed by atoms with van der Waals surface area (Å²) < 4.78 is 0. The molecule has 0 aromatic carbocycles. The second-order valence-electron chi connectivity index (χ2n) is 3.48. The van der Waals surface area contributed by atoms with Crippen molar-refractivity contribution >= 4 is 10.2 Å². The van der Waals surface area contributed by atoms with Gasteiger partial charge in [0.25, 0.3) is 0 Å². The van der Waals surface area contributed by atoms with E-state index in [4.69, 9.17) is 0 Å². The average molecular weight is 174 g/mol. The predicted octanol–water partition coefficient (Wildman–Crippen LogP) is 0.0247. The summed E-state index contributed by atoms with van der Waals surface area (Å²) in [5.41, 5.74) is 0. The first-order valence-corrected chi connectivity index (χ1v) is 5.62. The smallest absolute Gasteiger partial charge is 0.0460 e. The van der Waals surface area contributed by atoms with E-state index in [1.54, 1.807) is 0 Å². The molecule has 0 saturated carbocycles. The maximum atomic E-state index is 3.49. The van der Waals surface area contributed by atoms with Crippen LogP contribution in [0.5, 0.6) is 0 Å². The Balaban J connectivity index is 3.43. The van der Waals surface area contributed by atoms with Crippen molar-refractivity contribution in [2.45, 2.75) is 38.9 Å². The van der Waals surface area contributed by atoms with Crippen LogP contribution >= 0.6 is 0 Å². The molecule has 0 amide bonds. The highest BCUT2D eigenvalue weighted by atomic mass is 28.1. The normalized spacial score (nSPS) is 12.3. The predicted molar refractivity (Wildman–Crippen MR) is 54.9 cm³/mol. The van der Waals surface area contributed by atoms with Crippen molar-refractivity contribution in [1.29, 1.82) is 0 Å². The van der Waals surface area contributed by atoms with E-state index in [-0.39, 0.29) is 5.29 Å². The standard InChI is InChI=1S/C8H22N2Si/c1-4-6-9-8(3,11)10-7-5-2/h9-10H,4-7H2,1-3,11H3. The molecule has 2 nitrogen and oxygen atoms in total. The Labute approximate surface area is 73.6 Å². The molecule has 3 heteroatoms. The second kappa shape index (κ2) is 5.74. The van der Waals surface area contributed by atoms with Crippen LogP contribution in [0.4, 0.5) is 0 Å². The zero-order chi connectivity index (χ0) is 8.74. The lowest BCUT2D eigenvalue weighted by molar-refractivity contribution is 0.401. The molecule has 11 heavy (non-hydrogen) atoms. The lowest BCUT2D eigenvalue weighted by atomic mass is 10.4. The summed E-state index contributed by atoms with van der Waals surface area (Å²) in [5, 5.41) is 7.23. The quantitative estimate of drug-likeness (QED) is 0.438. The summed E-state index contributed by atoms with van der Waals surface area (Å²) in [7, 11) is 1.15. The van der Waals surface area contributed by atoms with Crippen LogP contribution in [0.1, 0.15) is 33.6 Å². The third-order valence-electron chi connectivity index (χ3n) is 1.63. The van der Waals surface area contributed by atoms with Gasteiger partial charge in [-0.2, -0.15) is 0 Å². The van der Waals surface area contributed by atoms with Gasteiger partial charge in [0.1, 0.15) is 0 Å². The highest BCUT2D eigenvalue weighted by Crippen LogP contribution is 1.91. The summed E-state index contributed by atoms with van der Waals surface area (Å²) in [6.45, 7) is 8.88. The minimum absolute atomic E-state index is 0.242. The molecule has 0 radical (unpaired) electrons. The van der Waals surface area contributed by atoms with Crippen molar-refractivity contribution in [3.8, 4) is 0 Å². The van der Waals surface area contributed by atoms with Crippen molar-refractivity contribution in [3.63, 3.8) is 0 Å². The summed E-state index contributed by atoms with van der Waals surface area (Å²) >= 11 is 0. The van der Waals surface area contributed by atoms with E-state index in [9.17, 15) is 0 Å². The summed E-state index contributed by atoms with van der Waals surface area (Å²) in [5.74, 6) is 0. The van der Waals surface area contributed by atoms with Gasteiger partial charge in [-0.05, 0) is 32.9 Å². The Bertz CT molecular complexity index is 84.1. The maximum absolute atomic E-state index is 3.49. The van der Waals surface area contributed by atoms with Crippen molar-refractivity contribution in [3.05, 3.63) is 0 Å². The van der Waals surface area contributed by atoms with Gasteiger partial charge in [-0.25, -0.2) is 0 Å². The first-order valence-electron chi connectivity index (χ1n) is 4.62. The minimum Gasteiger partial charge on any atom is -0.303 e. The van der Waals surface area contributed by atoms with Gasteiger partial charge in [0.2, 0.25) is 0 Å². The molecule has 0 aliphatic heterocycles. The molecule has 0 spiro atoms. The highest BCUT2D eigenvalue weighted by Gasteiger charge is 2.12. The fourth-order valence-corrected chi connectivity index (χ4v) is 1.44. The number of rotatable bonds is 6. The van der Waals surface area contributed by atoms with Crippen LogP contribution in [0.25, 0.3) is 0 Å². The lowest BCUT2D eigenvalue weighted by Gasteiger charge is -2.27. The van der Waals surface area contributed by atoms with Gasteiger partial charge in [-0.1, -0.05) is 13.8 Å². The molecule has 0 atom stereocenters. The monoisotopic (exact) mass is 174 g/mol. The van der Waals surface area contributed by atoms with Gasteiger partial charge in [0, 0.05) is 15.5 Å². The molecule has 0 rings (SSSR count). The van der Waals surface area contributed by atoms with Crippen LogP contribution < -0.4 is 10.6 Å². The van der Waals surface area contributed by atoms with Crippen molar-refractivity contribution in [2.24, 2.45) is 0 Å². The summed E-state index contributed by atoms with van der Waals surface area (Å²) in [4.78, 5) is 0. The van der Waals surface area contributed by atoms with Gasteiger partial charge in [0.05, 0.1) is 0 Å². The topological polar surface area (TPSA) is 24.1 Å². The third kappa shape index (κ3) is 6.53. The minimum atomic E-state index is 0.242. The Morgan fingerprint density at radius 2 is 1.45 bits per heavy atom. The molecular formula is C8H22N2Si. The summed E-state index contributed by atoms with van der Waals surface area (Å²) in [6, 6.07) is 0. The molecule has 0 aliphatic rings. The summed E-state index contributed by atoms with van der Waals surface area (Å²) in [6.07, 6.45) is 2.43. The fourth-order valence-electron chi connectivity index (χ4n) is 0.937. The average Bonchev–Trinajstić information content (AvgIpc) is 1.97. The fraction of sp³-hybridized carbons (Fsp3) is 1.00. The van der Waals surface area contributed by atoms with Crippen molar-refractivity contribution < 1.29 is 0 Å². The van der Waals surface area contributed by atoms with Gasteiger partial charge < -0.3 is 10.6 Å². The number of nitrogens with one attached hydrogen (secondary N) is 2. The highest BCUT2D eigenvalue weighted by molar-refractivity contribution is 6.14. The van der Waals surface area contributed by atoms with E-state index in [1.165, 1.54) is 12.8 Å². The molecule has 0 bridgehead atoms. The largest absolute Gasteiger partial charge is 0.303 e. The molecule has 0 unspecified atom stereocenters. The SMILES string of the molecule is CCCNC(C)([SiH3])NCCC. The van der Waals surface area contributed by atoms with Gasteiger partial charge in [0.15, 0.2) is 0 Å². The van der Waals surface area contributed by atoms with Crippen LogP contribution in [0.2, 0.25) is 0 Å². The van der Waals surface area contributed by atoms with Crippen LogP contribution in [-0.2, 0) is 0 Å². The molecule has 0 aromatic rings. The molecular weight excluding hydrogens is 152 g/mol. The molecule has 0 aliphatic carbocycles. The van der Waals surface area contributed by atoms with Crippen molar-refractivity contribution in [1.82, 2.24) is 10.6 Å². The molecule has 0 saturated heterocycles. The van der Waals surface area contributed by atoms with E-state index in [2.05, 4.69) is 31.4 Å². The lowest BCUT2D eigenvalue weighted by Crippen LogP contribution is -2.55. The van der Waals surface area contributed by atoms with E-state index in [0.29, 0.717) is 0 Å². The molecule has 0 heterocycles. The first-order chi connectivity index (χ1) is 5.12. The van der Waals surface area contributed by atoms with Crippen LogP contribution in [0, 0.1) is 0 Å². The van der Waals surface area contributed by atoms with Crippen LogP contribution in [0.3, 0.4) is 0 Å². The Morgan fingerprint density at radius 3 is 1.73 bits per heavy atom. The zero-order valence-electron chi connectivity index (χ0n) is 8.33. The van der Waals surface area contributed by atoms with E-state index in [1.807, 2.05) is 0 Å². The Hall–Kier alpha value is 0.137. The third-order valence-corrected chi connectivity index (χ3v) is 2.34. The molecule has 2 N–H and O–H groups in total. The number of hydrogen-bond acceptors (Lipinski definition) is 2. The van der Waals surface area contributed by atoms with Gasteiger partial charge >= 0.3 is 0 Å². The van der Waals surface area contributed by atoms with Crippen molar-refractivity contribution in [2.75, 3.05) is 13.1 Å². The maximum Gasteiger partial charge on any atom is 0.0460 e. The van der Waals surface area contributed by atoms with Crippen LogP contribution in [-0.4, -0.2) is 28.6 Å². The van der Waals surface area contributed by atoms with E-state index < -0.39 is 0 Å². The van der Waals surface area contributed by atoms with Crippen LogP contribution in [0.15, 0.2) is 0 Å². The van der Waals surface area contributed by atoms with Gasteiger partial charge in [-0.15, -0.1) is 0 Å². The van der Waals surface area contributed by atoms with E-state index >= 15 is 0 Å². The zero-order valence-corrected chi connectivity index (χ0v) is 10.3. The number of hydrogen-bond donors (Lipinski definition) is 2. The Morgan fingerprint density at radius 1 is 1.09 bits per heavy atom. The molecule has 68 valence electrons. The Kier molecular flexibility index (Phi) is 5.82. The van der Waals surface area contributed by atoms with Gasteiger partial charge in [-0.3, -0.25) is 0 Å².